The number of unbranched alkanes of at least 4 members (excludes halogenated alkanes) is 1. The van der Waals surface area contributed by atoms with Crippen LogP contribution in [0.2, 0.25) is 5.02 Å². The number of imide groups is 1. The van der Waals surface area contributed by atoms with Crippen LogP contribution in [0.1, 0.15) is 30.9 Å². The highest BCUT2D eigenvalue weighted by molar-refractivity contribution is 6.60. The van der Waals surface area contributed by atoms with Crippen LogP contribution in [0.15, 0.2) is 53.6 Å². The molecule has 0 aliphatic carbocycles. The second kappa shape index (κ2) is 7.42. The molecular weight excluding hydrogens is 357 g/mol. The highest BCUT2D eigenvalue weighted by Gasteiger charge is 2.39. The normalized spacial score (nSPS) is 14.6. The molecule has 1 heterocycles. The van der Waals surface area contributed by atoms with Gasteiger partial charge in [-0.15, -0.1) is 0 Å². The predicted octanol–water partition coefficient (Wildman–Crippen LogP) is 5.21. The predicted molar refractivity (Wildman–Crippen MR) is 102 cm³/mol. The summed E-state index contributed by atoms with van der Waals surface area (Å²) in [4.78, 5) is 26.4. The van der Waals surface area contributed by atoms with E-state index in [0.717, 1.165) is 24.2 Å². The zero-order chi connectivity index (χ0) is 18.0. The molecule has 0 unspecified atom stereocenters. The molecule has 2 amide bonds. The van der Waals surface area contributed by atoms with Gasteiger partial charge in [0.25, 0.3) is 11.8 Å². The highest BCUT2D eigenvalue weighted by Crippen LogP contribution is 2.35. The van der Waals surface area contributed by atoms with Crippen molar-refractivity contribution in [3.63, 3.8) is 0 Å². The van der Waals surface area contributed by atoms with Crippen LogP contribution in [0.5, 0.6) is 0 Å². The molecule has 2 aromatic carbocycles. The van der Waals surface area contributed by atoms with Gasteiger partial charge in [-0.3, -0.25) is 9.59 Å². The van der Waals surface area contributed by atoms with Gasteiger partial charge in [-0.1, -0.05) is 60.8 Å². The van der Waals surface area contributed by atoms with Crippen molar-refractivity contribution in [3.8, 4) is 0 Å². The van der Waals surface area contributed by atoms with E-state index in [0.29, 0.717) is 16.3 Å². The summed E-state index contributed by atoms with van der Waals surface area (Å²) in [5.74, 6) is -0.920. The Hall–Kier alpha value is -2.10. The van der Waals surface area contributed by atoms with Gasteiger partial charge < -0.3 is 0 Å². The minimum absolute atomic E-state index is 0.0672. The van der Waals surface area contributed by atoms with Crippen molar-refractivity contribution in [2.24, 2.45) is 0 Å². The van der Waals surface area contributed by atoms with Gasteiger partial charge in [-0.25, -0.2) is 4.90 Å². The number of carbonyl (C=O) groups is 2. The number of halogens is 2. The maximum Gasteiger partial charge on any atom is 0.277 e. The lowest BCUT2D eigenvalue weighted by Crippen LogP contribution is -2.31. The molecule has 0 saturated heterocycles. The number of amides is 2. The molecule has 1 aliphatic heterocycles. The van der Waals surface area contributed by atoms with E-state index in [-0.39, 0.29) is 10.6 Å². The number of hydrogen-bond acceptors (Lipinski definition) is 2. The van der Waals surface area contributed by atoms with Crippen molar-refractivity contribution in [2.45, 2.75) is 26.2 Å². The fraction of sp³-hybridized carbons (Fsp3) is 0.200. The van der Waals surface area contributed by atoms with E-state index in [9.17, 15) is 9.59 Å². The van der Waals surface area contributed by atoms with Crippen LogP contribution in [0, 0.1) is 0 Å². The SMILES string of the molecule is CCCCc1ccc(N2C(=O)C(Cl)=C(c3ccc(Cl)cc3)C2=O)cc1. The number of aryl methyl sites for hydroxylation is 1. The van der Waals surface area contributed by atoms with Gasteiger partial charge in [-0.2, -0.15) is 0 Å². The van der Waals surface area contributed by atoms with Crippen LogP contribution >= 0.6 is 23.2 Å². The van der Waals surface area contributed by atoms with E-state index in [4.69, 9.17) is 23.2 Å². The molecule has 0 aromatic heterocycles. The smallest absolute Gasteiger partial charge is 0.268 e. The number of hydrogen-bond donors (Lipinski definition) is 0. The van der Waals surface area contributed by atoms with E-state index in [1.54, 1.807) is 36.4 Å². The summed E-state index contributed by atoms with van der Waals surface area (Å²) in [6.45, 7) is 2.14. The molecule has 0 saturated carbocycles. The number of benzene rings is 2. The Kier molecular flexibility index (Phi) is 5.26. The molecule has 0 atom stereocenters. The quantitative estimate of drug-likeness (QED) is 0.674. The van der Waals surface area contributed by atoms with E-state index in [1.807, 2.05) is 12.1 Å². The average Bonchev–Trinajstić information content (AvgIpc) is 2.84. The van der Waals surface area contributed by atoms with Crippen molar-refractivity contribution in [1.29, 1.82) is 0 Å². The third-order valence-electron chi connectivity index (χ3n) is 4.17. The number of nitrogens with zero attached hydrogens (tertiary/aromatic N) is 1. The van der Waals surface area contributed by atoms with Crippen molar-refractivity contribution >= 4 is 46.3 Å². The average molecular weight is 374 g/mol. The summed E-state index contributed by atoms with van der Waals surface area (Å²) in [5.41, 5.74) is 2.49. The molecule has 0 N–H and O–H groups in total. The Balaban J connectivity index is 1.89. The molecule has 0 radical (unpaired) electrons. The Morgan fingerprint density at radius 2 is 1.52 bits per heavy atom. The zero-order valence-electron chi connectivity index (χ0n) is 13.8. The van der Waals surface area contributed by atoms with Gasteiger partial charge in [0.05, 0.1) is 11.3 Å². The monoisotopic (exact) mass is 373 g/mol. The fourth-order valence-electron chi connectivity index (χ4n) is 2.80. The minimum atomic E-state index is -0.502. The number of carbonyl (C=O) groups excluding carboxylic acids is 2. The lowest BCUT2D eigenvalue weighted by atomic mass is 10.1. The maximum atomic E-state index is 12.8. The Bertz CT molecular complexity index is 839. The second-order valence-electron chi connectivity index (χ2n) is 5.91. The number of anilines is 1. The summed E-state index contributed by atoms with van der Waals surface area (Å²) < 4.78 is 0. The van der Waals surface area contributed by atoms with Crippen LogP contribution in [0.4, 0.5) is 5.69 Å². The van der Waals surface area contributed by atoms with Gasteiger partial charge in [0.1, 0.15) is 5.03 Å². The molecule has 1 aliphatic rings. The standard InChI is InChI=1S/C20H17Cl2NO2/c1-2-3-4-13-5-11-16(12-6-13)23-19(24)17(18(22)20(23)25)14-7-9-15(21)10-8-14/h5-12H,2-4H2,1H3. The fourth-order valence-corrected chi connectivity index (χ4v) is 3.20. The lowest BCUT2D eigenvalue weighted by Gasteiger charge is -2.15. The van der Waals surface area contributed by atoms with E-state index in [2.05, 4.69) is 6.92 Å². The first kappa shape index (κ1) is 17.7. The van der Waals surface area contributed by atoms with Gasteiger partial charge in [-0.05, 0) is 48.2 Å². The Morgan fingerprint density at radius 1 is 0.880 bits per heavy atom. The molecule has 2 aromatic rings. The van der Waals surface area contributed by atoms with E-state index < -0.39 is 11.8 Å². The number of rotatable bonds is 5. The van der Waals surface area contributed by atoms with Crippen LogP contribution in [0.25, 0.3) is 5.57 Å². The molecule has 0 bridgehead atoms. The van der Waals surface area contributed by atoms with Crippen molar-refractivity contribution < 1.29 is 9.59 Å². The van der Waals surface area contributed by atoms with Crippen LogP contribution in [0.3, 0.4) is 0 Å². The summed E-state index contributed by atoms with van der Waals surface area (Å²) in [6.07, 6.45) is 3.21. The molecular formula is C20H17Cl2NO2. The first-order chi connectivity index (χ1) is 12.0. The lowest BCUT2D eigenvalue weighted by molar-refractivity contribution is -0.119. The molecule has 5 heteroatoms. The summed E-state index contributed by atoms with van der Waals surface area (Å²) in [7, 11) is 0. The van der Waals surface area contributed by atoms with Gasteiger partial charge in [0.15, 0.2) is 0 Å². The molecule has 25 heavy (non-hydrogen) atoms. The van der Waals surface area contributed by atoms with E-state index in [1.165, 1.54) is 5.56 Å². The molecule has 3 rings (SSSR count). The third-order valence-corrected chi connectivity index (χ3v) is 4.78. The zero-order valence-corrected chi connectivity index (χ0v) is 15.3. The molecule has 3 nitrogen and oxygen atoms in total. The van der Waals surface area contributed by atoms with Crippen molar-refractivity contribution in [3.05, 3.63) is 69.7 Å². The topological polar surface area (TPSA) is 37.4 Å². The van der Waals surface area contributed by atoms with E-state index >= 15 is 0 Å². The third kappa shape index (κ3) is 3.48. The summed E-state index contributed by atoms with van der Waals surface area (Å²) in [5, 5.41) is 0.485. The van der Waals surface area contributed by atoms with Crippen molar-refractivity contribution in [1.82, 2.24) is 0 Å². The Labute approximate surface area is 156 Å². The highest BCUT2D eigenvalue weighted by atomic mass is 35.5. The second-order valence-corrected chi connectivity index (χ2v) is 6.73. The van der Waals surface area contributed by atoms with Crippen LogP contribution in [-0.2, 0) is 16.0 Å². The maximum absolute atomic E-state index is 12.8. The van der Waals surface area contributed by atoms with Crippen LogP contribution < -0.4 is 4.90 Å². The van der Waals surface area contributed by atoms with Crippen molar-refractivity contribution in [2.75, 3.05) is 4.90 Å². The molecule has 0 spiro atoms. The van der Waals surface area contributed by atoms with Gasteiger partial charge in [0, 0.05) is 5.02 Å². The summed E-state index contributed by atoms with van der Waals surface area (Å²) in [6, 6.07) is 14.2. The van der Waals surface area contributed by atoms with Crippen LogP contribution in [-0.4, -0.2) is 11.8 Å². The largest absolute Gasteiger partial charge is 0.277 e. The Morgan fingerprint density at radius 3 is 2.12 bits per heavy atom. The summed E-state index contributed by atoms with van der Waals surface area (Å²) >= 11 is 12.1. The van der Waals surface area contributed by atoms with Gasteiger partial charge in [0.2, 0.25) is 0 Å². The molecule has 0 fully saturated rings. The molecule has 128 valence electrons. The first-order valence-corrected chi connectivity index (χ1v) is 8.92. The van der Waals surface area contributed by atoms with Gasteiger partial charge >= 0.3 is 0 Å². The minimum Gasteiger partial charge on any atom is -0.268 e. The first-order valence-electron chi connectivity index (χ1n) is 8.16.